The Labute approximate surface area is 114 Å². The lowest BCUT2D eigenvalue weighted by Crippen LogP contribution is -1.90. The quantitative estimate of drug-likeness (QED) is 0.592. The molecule has 0 aliphatic heterocycles. The van der Waals surface area contributed by atoms with Crippen LogP contribution in [0.25, 0.3) is 11.4 Å². The molecule has 0 radical (unpaired) electrons. The van der Waals surface area contributed by atoms with E-state index in [1.165, 1.54) is 0 Å². The van der Waals surface area contributed by atoms with Crippen LogP contribution in [0.2, 0.25) is 0 Å². The van der Waals surface area contributed by atoms with E-state index in [9.17, 15) is 0 Å². The number of aryl methyl sites for hydroxylation is 1. The molecule has 0 amide bonds. The van der Waals surface area contributed by atoms with Crippen molar-refractivity contribution in [1.82, 2.24) is 14.8 Å². The molecule has 0 saturated carbocycles. The number of hydrogen-bond acceptors (Lipinski definition) is 2. The van der Waals surface area contributed by atoms with Crippen molar-refractivity contribution >= 4 is 50.7 Å². The number of aromatic amines is 1. The fraction of sp³-hybridized carbons (Fsp3) is 0.111. The second-order valence-electron chi connectivity index (χ2n) is 3.04. The summed E-state index contributed by atoms with van der Waals surface area (Å²) in [5.74, 6) is 0.799. The number of nitrogens with one attached hydrogen (secondary N) is 1. The largest absolute Gasteiger partial charge is 0.279 e. The lowest BCUT2D eigenvalue weighted by molar-refractivity contribution is 0.756. The zero-order chi connectivity index (χ0) is 11.0. The van der Waals surface area contributed by atoms with Crippen LogP contribution in [0, 0.1) is 8.34 Å². The molecule has 1 aromatic heterocycles. The summed E-state index contributed by atoms with van der Waals surface area (Å²) >= 11 is 10.8. The lowest BCUT2D eigenvalue weighted by atomic mass is 10.2. The fourth-order valence-corrected chi connectivity index (χ4v) is 2.29. The highest BCUT2D eigenvalue weighted by atomic mass is 127. The van der Waals surface area contributed by atoms with E-state index in [1.54, 1.807) is 4.68 Å². The number of hydrogen-bond donors (Lipinski definition) is 1. The van der Waals surface area contributed by atoms with Crippen molar-refractivity contribution in [2.75, 3.05) is 0 Å². The van der Waals surface area contributed by atoms with Gasteiger partial charge in [0.2, 0.25) is 4.77 Å². The van der Waals surface area contributed by atoms with Crippen LogP contribution in [-0.4, -0.2) is 14.8 Å². The minimum atomic E-state index is 0.556. The van der Waals surface area contributed by atoms with E-state index < -0.39 is 0 Å². The van der Waals surface area contributed by atoms with Gasteiger partial charge in [-0.3, -0.25) is 9.78 Å². The van der Waals surface area contributed by atoms with Crippen LogP contribution >= 0.6 is 50.7 Å². The molecule has 0 spiro atoms. The van der Waals surface area contributed by atoms with Gasteiger partial charge in [0.25, 0.3) is 0 Å². The van der Waals surface area contributed by atoms with Gasteiger partial charge < -0.3 is 0 Å². The number of benzene rings is 1. The third-order valence-corrected chi connectivity index (χ3v) is 3.75. The molecule has 0 aliphatic carbocycles. The molecule has 0 bridgehead atoms. The average molecular weight is 396 g/mol. The third kappa shape index (κ3) is 2.31. The summed E-state index contributed by atoms with van der Waals surface area (Å²) in [6.07, 6.45) is 0. The summed E-state index contributed by atoms with van der Waals surface area (Å²) in [6.45, 7) is 0. The summed E-state index contributed by atoms with van der Waals surface area (Å²) in [6, 6.07) is 6.06. The molecule has 15 heavy (non-hydrogen) atoms. The van der Waals surface area contributed by atoms with E-state index in [4.69, 9.17) is 12.2 Å². The van der Waals surface area contributed by atoms with Gasteiger partial charge in [0.1, 0.15) is 0 Å². The minimum absolute atomic E-state index is 0.556. The van der Waals surface area contributed by atoms with Crippen LogP contribution in [0.5, 0.6) is 0 Å². The molecule has 0 fully saturated rings. The smallest absolute Gasteiger partial charge is 0.216 e. The Bertz CT molecular complexity index is 561. The SMILES string of the molecule is Cn1[nH]c(-c2cc(Br)ccc2I)nc1=S. The number of rotatable bonds is 1. The zero-order valence-electron chi connectivity index (χ0n) is 7.79. The first-order valence-corrected chi connectivity index (χ1v) is 6.44. The van der Waals surface area contributed by atoms with Crippen LogP contribution in [0.15, 0.2) is 22.7 Å². The van der Waals surface area contributed by atoms with Crippen LogP contribution in [0.1, 0.15) is 0 Å². The van der Waals surface area contributed by atoms with Gasteiger partial charge in [0.15, 0.2) is 5.82 Å². The Kier molecular flexibility index (Phi) is 3.27. The number of halogens is 2. The molecule has 0 saturated heterocycles. The first-order chi connectivity index (χ1) is 7.08. The molecule has 3 nitrogen and oxygen atoms in total. The van der Waals surface area contributed by atoms with Crippen LogP contribution in [-0.2, 0) is 7.05 Å². The maximum atomic E-state index is 5.06. The number of aromatic nitrogens is 3. The molecule has 1 heterocycles. The first kappa shape index (κ1) is 11.3. The van der Waals surface area contributed by atoms with E-state index in [-0.39, 0.29) is 0 Å². The van der Waals surface area contributed by atoms with Gasteiger partial charge in [-0.15, -0.1) is 0 Å². The normalized spacial score (nSPS) is 10.6. The second-order valence-corrected chi connectivity index (χ2v) is 5.48. The van der Waals surface area contributed by atoms with Crippen molar-refractivity contribution in [3.63, 3.8) is 0 Å². The van der Waals surface area contributed by atoms with Gasteiger partial charge in [-0.25, -0.2) is 0 Å². The van der Waals surface area contributed by atoms with Gasteiger partial charge in [0.05, 0.1) is 0 Å². The predicted molar refractivity (Wildman–Crippen MR) is 74.2 cm³/mol. The number of nitrogens with zero attached hydrogens (tertiary/aromatic N) is 2. The molecule has 1 aromatic carbocycles. The summed E-state index contributed by atoms with van der Waals surface area (Å²) < 4.78 is 4.45. The molecule has 78 valence electrons. The summed E-state index contributed by atoms with van der Waals surface area (Å²) in [7, 11) is 1.85. The Balaban J connectivity index is 2.63. The van der Waals surface area contributed by atoms with Crippen LogP contribution < -0.4 is 0 Å². The molecule has 0 atom stereocenters. The van der Waals surface area contributed by atoms with E-state index in [0.29, 0.717) is 4.77 Å². The molecular weight excluding hydrogens is 389 g/mol. The topological polar surface area (TPSA) is 33.6 Å². The van der Waals surface area contributed by atoms with Crippen LogP contribution in [0.4, 0.5) is 0 Å². The van der Waals surface area contributed by atoms with Crippen molar-refractivity contribution in [2.24, 2.45) is 7.05 Å². The zero-order valence-corrected chi connectivity index (χ0v) is 12.4. The lowest BCUT2D eigenvalue weighted by Gasteiger charge is -2.01. The fourth-order valence-electron chi connectivity index (χ4n) is 1.20. The minimum Gasteiger partial charge on any atom is -0.279 e. The summed E-state index contributed by atoms with van der Waals surface area (Å²) in [5, 5.41) is 3.10. The Hall–Kier alpha value is -0.210. The van der Waals surface area contributed by atoms with Gasteiger partial charge in [0, 0.05) is 20.7 Å². The Morgan fingerprint density at radius 3 is 2.87 bits per heavy atom. The van der Waals surface area contributed by atoms with Gasteiger partial charge >= 0.3 is 0 Å². The predicted octanol–water partition coefficient (Wildman–Crippen LogP) is 3.51. The maximum Gasteiger partial charge on any atom is 0.216 e. The van der Waals surface area contributed by atoms with Crippen molar-refractivity contribution in [3.8, 4) is 11.4 Å². The van der Waals surface area contributed by atoms with Gasteiger partial charge in [-0.1, -0.05) is 15.9 Å². The molecule has 0 aliphatic rings. The summed E-state index contributed by atoms with van der Waals surface area (Å²) in [4.78, 5) is 4.28. The molecule has 0 unspecified atom stereocenters. The average Bonchev–Trinajstić information content (AvgIpc) is 2.51. The maximum absolute atomic E-state index is 5.06. The monoisotopic (exact) mass is 395 g/mol. The van der Waals surface area contributed by atoms with Gasteiger partial charge in [-0.2, -0.15) is 4.98 Å². The molecule has 2 rings (SSSR count). The summed E-state index contributed by atoms with van der Waals surface area (Å²) in [5.41, 5.74) is 1.05. The second kappa shape index (κ2) is 4.34. The standard InChI is InChI=1S/C9H7BrIN3S/c1-14-9(15)12-8(13-14)6-4-5(10)2-3-7(6)11/h2-4H,1H3,(H,12,13,15). The Morgan fingerprint density at radius 1 is 1.53 bits per heavy atom. The van der Waals surface area contributed by atoms with Gasteiger partial charge in [-0.05, 0) is 53.0 Å². The van der Waals surface area contributed by atoms with Crippen LogP contribution in [0.3, 0.4) is 0 Å². The van der Waals surface area contributed by atoms with E-state index >= 15 is 0 Å². The van der Waals surface area contributed by atoms with Crippen molar-refractivity contribution in [3.05, 3.63) is 31.0 Å². The highest BCUT2D eigenvalue weighted by Gasteiger charge is 2.07. The highest BCUT2D eigenvalue weighted by molar-refractivity contribution is 14.1. The first-order valence-electron chi connectivity index (χ1n) is 4.16. The van der Waals surface area contributed by atoms with Crippen molar-refractivity contribution < 1.29 is 0 Å². The van der Waals surface area contributed by atoms with E-state index in [1.807, 2.05) is 25.2 Å². The highest BCUT2D eigenvalue weighted by Crippen LogP contribution is 2.25. The van der Waals surface area contributed by atoms with E-state index in [2.05, 4.69) is 48.6 Å². The Morgan fingerprint density at radius 2 is 2.27 bits per heavy atom. The van der Waals surface area contributed by atoms with E-state index in [0.717, 1.165) is 19.4 Å². The molecule has 1 N–H and O–H groups in total. The van der Waals surface area contributed by atoms with Crippen molar-refractivity contribution in [1.29, 1.82) is 0 Å². The number of H-pyrrole nitrogens is 1. The molecule has 2 aromatic rings. The molecular formula is C9H7BrIN3S. The molecule has 6 heteroatoms. The third-order valence-electron chi connectivity index (χ3n) is 1.95. The van der Waals surface area contributed by atoms with Crippen molar-refractivity contribution in [2.45, 2.75) is 0 Å².